The summed E-state index contributed by atoms with van der Waals surface area (Å²) in [6, 6.07) is 21.1. The lowest BCUT2D eigenvalue weighted by Gasteiger charge is -2.08. The van der Waals surface area contributed by atoms with E-state index in [9.17, 15) is 4.79 Å². The summed E-state index contributed by atoms with van der Waals surface area (Å²) >= 11 is 0. The minimum Gasteiger partial charge on any atom is -0.459 e. The molecular formula is C19H18N2O3. The molecule has 0 fully saturated rings. The Balaban J connectivity index is 1.63. The second-order valence-corrected chi connectivity index (χ2v) is 5.27. The van der Waals surface area contributed by atoms with Crippen molar-refractivity contribution in [2.24, 2.45) is 0 Å². The molecule has 2 aromatic carbocycles. The third kappa shape index (κ3) is 4.02. The Kier molecular flexibility index (Phi) is 4.93. The van der Waals surface area contributed by atoms with Crippen LogP contribution >= 0.6 is 0 Å². The maximum Gasteiger partial charge on any atom is 0.250 e. The van der Waals surface area contributed by atoms with E-state index in [4.69, 9.17) is 9.52 Å². The average Bonchev–Trinajstić information content (AvgIpc) is 3.10. The predicted molar refractivity (Wildman–Crippen MR) is 93.6 cm³/mol. The molecule has 0 aliphatic carbocycles. The molecule has 3 rings (SSSR count). The molecule has 1 aromatic heterocycles. The molecule has 24 heavy (non-hydrogen) atoms. The van der Waals surface area contributed by atoms with Gasteiger partial charge in [-0.2, -0.15) is 0 Å². The maximum absolute atomic E-state index is 11.2. The zero-order valence-corrected chi connectivity index (χ0v) is 13.0. The summed E-state index contributed by atoms with van der Waals surface area (Å²) in [5.41, 5.74) is 2.52. The second kappa shape index (κ2) is 7.48. The van der Waals surface area contributed by atoms with Crippen molar-refractivity contribution in [2.75, 3.05) is 17.2 Å². The Morgan fingerprint density at radius 2 is 1.75 bits per heavy atom. The number of hydrogen-bond donors (Lipinski definition) is 3. The van der Waals surface area contributed by atoms with Crippen LogP contribution in [0.1, 0.15) is 5.76 Å². The molecule has 0 bridgehead atoms. The fourth-order valence-electron chi connectivity index (χ4n) is 2.33. The number of aliphatic hydroxyl groups is 1. The predicted octanol–water partition coefficient (Wildman–Crippen LogP) is 3.49. The molecule has 1 amide bonds. The van der Waals surface area contributed by atoms with E-state index in [0.717, 1.165) is 22.8 Å². The number of hydrogen-bond acceptors (Lipinski definition) is 4. The summed E-state index contributed by atoms with van der Waals surface area (Å²) in [5, 5.41) is 14.6. The number of rotatable bonds is 6. The summed E-state index contributed by atoms with van der Waals surface area (Å²) in [6.07, 6.45) is 0. The first-order chi connectivity index (χ1) is 11.7. The number of nitrogens with one attached hydrogen (secondary N) is 2. The van der Waals surface area contributed by atoms with E-state index in [1.807, 2.05) is 54.6 Å². The minimum absolute atomic E-state index is 0.439. The molecule has 0 atom stereocenters. The van der Waals surface area contributed by atoms with Gasteiger partial charge in [0.15, 0.2) is 0 Å². The molecule has 3 N–H and O–H groups in total. The molecule has 5 nitrogen and oxygen atoms in total. The highest BCUT2D eigenvalue weighted by Crippen LogP contribution is 2.22. The topological polar surface area (TPSA) is 74.5 Å². The normalized spacial score (nSPS) is 10.4. The van der Waals surface area contributed by atoms with E-state index < -0.39 is 12.5 Å². The molecule has 3 aromatic rings. The molecule has 5 heteroatoms. The van der Waals surface area contributed by atoms with Crippen LogP contribution < -0.4 is 10.6 Å². The van der Waals surface area contributed by atoms with Gasteiger partial charge in [-0.3, -0.25) is 4.79 Å². The van der Waals surface area contributed by atoms with Gasteiger partial charge in [0.05, 0.1) is 6.54 Å². The van der Waals surface area contributed by atoms with Crippen molar-refractivity contribution in [3.05, 3.63) is 72.5 Å². The SMILES string of the molecule is O=C(CO)Nc1cccc(NCc2ccc(-c3ccccc3)o2)c1. The minimum atomic E-state index is -0.535. The van der Waals surface area contributed by atoms with Gasteiger partial charge in [0.2, 0.25) is 5.91 Å². The third-order valence-electron chi connectivity index (χ3n) is 3.48. The zero-order chi connectivity index (χ0) is 16.8. The quantitative estimate of drug-likeness (QED) is 0.649. The largest absolute Gasteiger partial charge is 0.459 e. The van der Waals surface area contributed by atoms with Crippen molar-refractivity contribution in [3.8, 4) is 11.3 Å². The Labute approximate surface area is 139 Å². The van der Waals surface area contributed by atoms with Gasteiger partial charge in [-0.25, -0.2) is 0 Å². The van der Waals surface area contributed by atoms with E-state index in [1.165, 1.54) is 0 Å². The first kappa shape index (κ1) is 15.8. The Hall–Kier alpha value is -3.05. The lowest BCUT2D eigenvalue weighted by Crippen LogP contribution is -2.15. The monoisotopic (exact) mass is 322 g/mol. The molecule has 0 saturated carbocycles. The van der Waals surface area contributed by atoms with Crippen molar-refractivity contribution in [1.82, 2.24) is 0 Å². The van der Waals surface area contributed by atoms with Crippen LogP contribution in [0.5, 0.6) is 0 Å². The molecule has 1 heterocycles. The second-order valence-electron chi connectivity index (χ2n) is 5.27. The molecule has 0 aliphatic rings. The fourth-order valence-corrected chi connectivity index (χ4v) is 2.33. The van der Waals surface area contributed by atoms with Crippen molar-refractivity contribution < 1.29 is 14.3 Å². The highest BCUT2D eigenvalue weighted by molar-refractivity contribution is 5.91. The Morgan fingerprint density at radius 1 is 0.958 bits per heavy atom. The van der Waals surface area contributed by atoms with Gasteiger partial charge in [0.1, 0.15) is 18.1 Å². The van der Waals surface area contributed by atoms with Crippen molar-refractivity contribution in [1.29, 1.82) is 0 Å². The molecular weight excluding hydrogens is 304 g/mol. The zero-order valence-electron chi connectivity index (χ0n) is 13.0. The lowest BCUT2D eigenvalue weighted by atomic mass is 10.2. The standard InChI is InChI=1S/C19H18N2O3/c22-13-19(23)21-16-8-4-7-15(11-16)20-12-17-9-10-18(24-17)14-5-2-1-3-6-14/h1-11,20,22H,12-13H2,(H,21,23). The number of amides is 1. The van der Waals surface area contributed by atoms with Crippen molar-refractivity contribution in [3.63, 3.8) is 0 Å². The molecule has 0 spiro atoms. The highest BCUT2D eigenvalue weighted by Gasteiger charge is 2.05. The summed E-state index contributed by atoms with van der Waals surface area (Å²) in [7, 11) is 0. The van der Waals surface area contributed by atoms with Crippen LogP contribution in [0.25, 0.3) is 11.3 Å². The van der Waals surface area contributed by atoms with Crippen LogP contribution in [0.2, 0.25) is 0 Å². The summed E-state index contributed by atoms with van der Waals surface area (Å²) in [6.45, 7) is -0.00342. The molecule has 0 unspecified atom stereocenters. The summed E-state index contributed by atoms with van der Waals surface area (Å²) < 4.78 is 5.84. The van der Waals surface area contributed by atoms with Gasteiger partial charge in [-0.05, 0) is 30.3 Å². The Morgan fingerprint density at radius 3 is 2.54 bits per heavy atom. The van der Waals surface area contributed by atoms with Crippen LogP contribution in [0.4, 0.5) is 11.4 Å². The number of furan rings is 1. The molecule has 0 radical (unpaired) electrons. The van der Waals surface area contributed by atoms with Crippen LogP contribution in [-0.4, -0.2) is 17.6 Å². The van der Waals surface area contributed by atoms with E-state index >= 15 is 0 Å². The maximum atomic E-state index is 11.2. The fraction of sp³-hybridized carbons (Fsp3) is 0.105. The molecule has 0 aliphatic heterocycles. The van der Waals surface area contributed by atoms with Crippen LogP contribution in [0.3, 0.4) is 0 Å². The van der Waals surface area contributed by atoms with Gasteiger partial charge < -0.3 is 20.2 Å². The van der Waals surface area contributed by atoms with Gasteiger partial charge in [-0.15, -0.1) is 0 Å². The number of carbonyl (C=O) groups is 1. The van der Waals surface area contributed by atoms with Gasteiger partial charge in [0, 0.05) is 16.9 Å². The van der Waals surface area contributed by atoms with Crippen LogP contribution in [0.15, 0.2) is 71.1 Å². The summed E-state index contributed by atoms with van der Waals surface area (Å²) in [5.74, 6) is 1.21. The van der Waals surface area contributed by atoms with E-state index in [0.29, 0.717) is 12.2 Å². The third-order valence-corrected chi connectivity index (χ3v) is 3.48. The van der Waals surface area contributed by atoms with Gasteiger partial charge in [-0.1, -0.05) is 36.4 Å². The van der Waals surface area contributed by atoms with E-state index in [-0.39, 0.29) is 0 Å². The lowest BCUT2D eigenvalue weighted by molar-refractivity contribution is -0.118. The van der Waals surface area contributed by atoms with Gasteiger partial charge >= 0.3 is 0 Å². The first-order valence-corrected chi connectivity index (χ1v) is 7.63. The summed E-state index contributed by atoms with van der Waals surface area (Å²) in [4.78, 5) is 11.2. The number of benzene rings is 2. The number of anilines is 2. The number of aliphatic hydroxyl groups excluding tert-OH is 1. The van der Waals surface area contributed by atoms with Crippen LogP contribution in [0, 0.1) is 0 Å². The van der Waals surface area contributed by atoms with E-state index in [1.54, 1.807) is 12.1 Å². The van der Waals surface area contributed by atoms with Gasteiger partial charge in [0.25, 0.3) is 0 Å². The molecule has 122 valence electrons. The molecule has 0 saturated heterocycles. The first-order valence-electron chi connectivity index (χ1n) is 7.63. The average molecular weight is 322 g/mol. The van der Waals surface area contributed by atoms with Crippen molar-refractivity contribution in [2.45, 2.75) is 6.54 Å². The van der Waals surface area contributed by atoms with Crippen molar-refractivity contribution >= 4 is 17.3 Å². The van der Waals surface area contributed by atoms with E-state index in [2.05, 4.69) is 10.6 Å². The number of carbonyl (C=O) groups excluding carboxylic acids is 1. The smallest absolute Gasteiger partial charge is 0.250 e. The highest BCUT2D eigenvalue weighted by atomic mass is 16.3. The van der Waals surface area contributed by atoms with Crippen LogP contribution in [-0.2, 0) is 11.3 Å². The Bertz CT molecular complexity index is 812.